The van der Waals surface area contributed by atoms with Gasteiger partial charge in [0.1, 0.15) is 11.6 Å². The number of nitrogens with two attached hydrogens (primary N) is 1. The number of nitrogens with one attached hydrogen (secondary N) is 1. The van der Waals surface area contributed by atoms with E-state index in [1.165, 1.54) is 58.5 Å². The molecule has 1 aliphatic carbocycles. The number of benzene rings is 1. The Bertz CT molecular complexity index is 724. The Morgan fingerprint density at radius 1 is 1.14 bits per heavy atom. The highest BCUT2D eigenvalue weighted by molar-refractivity contribution is 5.95. The predicted molar refractivity (Wildman–Crippen MR) is 112 cm³/mol. The highest BCUT2D eigenvalue weighted by atomic mass is 19.1. The second-order valence-electron chi connectivity index (χ2n) is 8.83. The number of anilines is 1. The van der Waals surface area contributed by atoms with E-state index >= 15 is 0 Å². The summed E-state index contributed by atoms with van der Waals surface area (Å²) in [6, 6.07) is 3.27. The number of hydrogen-bond donors (Lipinski definition) is 2. The Kier molecular flexibility index (Phi) is 6.25. The Morgan fingerprint density at radius 3 is 2.45 bits per heavy atom. The monoisotopic (exact) mass is 404 g/mol. The van der Waals surface area contributed by atoms with Crippen LogP contribution in [0.5, 0.6) is 5.75 Å². The van der Waals surface area contributed by atoms with Crippen LogP contribution in [0.3, 0.4) is 0 Å². The highest BCUT2D eigenvalue weighted by Gasteiger charge is 2.31. The van der Waals surface area contributed by atoms with Gasteiger partial charge in [0, 0.05) is 37.8 Å². The van der Waals surface area contributed by atoms with Gasteiger partial charge in [-0.05, 0) is 63.6 Å². The van der Waals surface area contributed by atoms with Crippen LogP contribution in [0, 0.1) is 11.7 Å². The molecule has 7 heteroatoms. The minimum atomic E-state index is -0.615. The fourth-order valence-electron chi connectivity index (χ4n) is 4.72. The summed E-state index contributed by atoms with van der Waals surface area (Å²) in [5.74, 6) is 0.278. The van der Waals surface area contributed by atoms with E-state index in [1.54, 1.807) is 0 Å². The third kappa shape index (κ3) is 5.01. The molecular weight excluding hydrogens is 371 g/mol. The number of piperidine rings is 2. The van der Waals surface area contributed by atoms with Crippen molar-refractivity contribution in [3.8, 4) is 5.75 Å². The van der Waals surface area contributed by atoms with Gasteiger partial charge in [0.05, 0.1) is 18.4 Å². The van der Waals surface area contributed by atoms with Crippen molar-refractivity contribution >= 4 is 11.6 Å². The van der Waals surface area contributed by atoms with Crippen molar-refractivity contribution in [2.24, 2.45) is 5.92 Å². The maximum Gasteiger partial charge on any atom is 0.254 e. The van der Waals surface area contributed by atoms with Crippen molar-refractivity contribution in [1.29, 1.82) is 0 Å². The Labute approximate surface area is 172 Å². The molecule has 2 heterocycles. The molecule has 1 amide bonds. The molecule has 160 valence electrons. The summed E-state index contributed by atoms with van der Waals surface area (Å²) >= 11 is 0. The third-order valence-electron chi connectivity index (χ3n) is 6.72. The standard InChI is InChI=1S/C22H33FN4O2/c1-29-21-12-18(19(23)13-20(21)24)22(28)25-16-4-10-27(11-5-16)17-6-8-26(9-7-17)14-15-2-3-15/h12-13,15-17H,2-11,14,24H2,1H3,(H,25,28). The van der Waals surface area contributed by atoms with E-state index in [9.17, 15) is 9.18 Å². The lowest BCUT2D eigenvalue weighted by atomic mass is 9.97. The third-order valence-corrected chi connectivity index (χ3v) is 6.72. The molecule has 2 aliphatic heterocycles. The molecule has 1 saturated carbocycles. The SMILES string of the molecule is COc1cc(C(=O)NC2CCN(C3CCN(CC4CC4)CC3)CC2)c(F)cc1N. The number of rotatable bonds is 6. The molecule has 0 bridgehead atoms. The number of likely N-dealkylation sites (tertiary alicyclic amines) is 2. The number of carbonyl (C=O) groups is 1. The zero-order valence-corrected chi connectivity index (χ0v) is 17.3. The molecule has 0 radical (unpaired) electrons. The Hall–Kier alpha value is -1.86. The van der Waals surface area contributed by atoms with Gasteiger partial charge in [-0.1, -0.05) is 0 Å². The molecule has 0 spiro atoms. The number of ether oxygens (including phenoxy) is 1. The van der Waals surface area contributed by atoms with Gasteiger partial charge in [0.25, 0.3) is 5.91 Å². The lowest BCUT2D eigenvalue weighted by Gasteiger charge is -2.42. The molecule has 3 aliphatic rings. The molecule has 0 aromatic heterocycles. The van der Waals surface area contributed by atoms with E-state index in [-0.39, 0.29) is 17.3 Å². The fraction of sp³-hybridized carbons (Fsp3) is 0.682. The number of hydrogen-bond acceptors (Lipinski definition) is 5. The molecule has 2 saturated heterocycles. The minimum absolute atomic E-state index is 0.0125. The topological polar surface area (TPSA) is 70.8 Å². The molecule has 29 heavy (non-hydrogen) atoms. The predicted octanol–water partition coefficient (Wildman–Crippen LogP) is 2.49. The van der Waals surface area contributed by atoms with Crippen LogP contribution in [0.1, 0.15) is 48.9 Å². The van der Waals surface area contributed by atoms with Crippen molar-refractivity contribution in [3.05, 3.63) is 23.5 Å². The van der Waals surface area contributed by atoms with Crippen LogP contribution in [0.25, 0.3) is 0 Å². The van der Waals surface area contributed by atoms with Crippen molar-refractivity contribution < 1.29 is 13.9 Å². The summed E-state index contributed by atoms with van der Waals surface area (Å²) in [5, 5.41) is 3.00. The summed E-state index contributed by atoms with van der Waals surface area (Å²) in [7, 11) is 1.46. The van der Waals surface area contributed by atoms with Crippen LogP contribution < -0.4 is 15.8 Å². The van der Waals surface area contributed by atoms with E-state index in [0.717, 1.165) is 37.9 Å². The number of amides is 1. The van der Waals surface area contributed by atoms with Gasteiger partial charge in [0.15, 0.2) is 0 Å². The van der Waals surface area contributed by atoms with Gasteiger partial charge in [-0.25, -0.2) is 4.39 Å². The first-order valence-electron chi connectivity index (χ1n) is 10.9. The molecule has 4 rings (SSSR count). The number of methoxy groups -OCH3 is 1. The highest BCUT2D eigenvalue weighted by Crippen LogP contribution is 2.31. The molecule has 3 fully saturated rings. The van der Waals surface area contributed by atoms with E-state index in [1.807, 2.05) is 0 Å². The van der Waals surface area contributed by atoms with Crippen molar-refractivity contribution in [2.75, 3.05) is 45.6 Å². The normalized spacial score (nSPS) is 22.6. The first kappa shape index (κ1) is 20.4. The van der Waals surface area contributed by atoms with Crippen LogP contribution in [0.4, 0.5) is 10.1 Å². The van der Waals surface area contributed by atoms with Crippen LogP contribution in [0.2, 0.25) is 0 Å². The summed E-state index contributed by atoms with van der Waals surface area (Å²) in [6.45, 7) is 5.72. The molecule has 1 aromatic carbocycles. The smallest absolute Gasteiger partial charge is 0.254 e. The molecule has 3 N–H and O–H groups in total. The van der Waals surface area contributed by atoms with Crippen molar-refractivity contribution in [1.82, 2.24) is 15.1 Å². The zero-order valence-electron chi connectivity index (χ0n) is 17.3. The fourth-order valence-corrected chi connectivity index (χ4v) is 4.72. The van der Waals surface area contributed by atoms with Gasteiger partial charge in [-0.3, -0.25) is 4.79 Å². The van der Waals surface area contributed by atoms with E-state index in [4.69, 9.17) is 10.5 Å². The summed E-state index contributed by atoms with van der Waals surface area (Å²) in [5.41, 5.74) is 5.88. The van der Waals surface area contributed by atoms with Gasteiger partial charge in [-0.15, -0.1) is 0 Å². The molecular formula is C22H33FN4O2. The minimum Gasteiger partial charge on any atom is -0.495 e. The summed E-state index contributed by atoms with van der Waals surface area (Å²) in [6.07, 6.45) is 7.16. The summed E-state index contributed by atoms with van der Waals surface area (Å²) in [4.78, 5) is 17.8. The molecule has 6 nitrogen and oxygen atoms in total. The number of halogens is 1. The number of carbonyl (C=O) groups excluding carboxylic acids is 1. The van der Waals surface area contributed by atoms with Crippen LogP contribution >= 0.6 is 0 Å². The second-order valence-corrected chi connectivity index (χ2v) is 8.83. The van der Waals surface area contributed by atoms with Gasteiger partial charge < -0.3 is 25.6 Å². The molecule has 0 atom stereocenters. The van der Waals surface area contributed by atoms with Crippen LogP contribution in [-0.4, -0.2) is 67.6 Å². The number of nitrogen functional groups attached to an aromatic ring is 1. The van der Waals surface area contributed by atoms with E-state index < -0.39 is 11.7 Å². The lowest BCUT2D eigenvalue weighted by molar-refractivity contribution is 0.0753. The average Bonchev–Trinajstić information content (AvgIpc) is 3.53. The largest absolute Gasteiger partial charge is 0.495 e. The van der Waals surface area contributed by atoms with E-state index in [0.29, 0.717) is 11.8 Å². The van der Waals surface area contributed by atoms with E-state index in [2.05, 4.69) is 15.1 Å². The van der Waals surface area contributed by atoms with Crippen LogP contribution in [-0.2, 0) is 0 Å². The Morgan fingerprint density at radius 2 is 1.83 bits per heavy atom. The number of nitrogens with zero attached hydrogens (tertiary/aromatic N) is 2. The first-order valence-corrected chi connectivity index (χ1v) is 10.9. The van der Waals surface area contributed by atoms with Gasteiger partial charge in [-0.2, -0.15) is 0 Å². The maximum atomic E-state index is 14.2. The first-order chi connectivity index (χ1) is 14.0. The maximum absolute atomic E-state index is 14.2. The van der Waals surface area contributed by atoms with Crippen molar-refractivity contribution in [2.45, 2.75) is 50.6 Å². The van der Waals surface area contributed by atoms with Crippen molar-refractivity contribution in [3.63, 3.8) is 0 Å². The van der Waals surface area contributed by atoms with Gasteiger partial charge >= 0.3 is 0 Å². The lowest BCUT2D eigenvalue weighted by Crippen LogP contribution is -2.51. The van der Waals surface area contributed by atoms with Gasteiger partial charge in [0.2, 0.25) is 0 Å². The molecule has 1 aromatic rings. The zero-order chi connectivity index (χ0) is 20.4. The molecule has 0 unspecified atom stereocenters. The second kappa shape index (κ2) is 8.88. The Balaban J connectivity index is 1.24. The van der Waals surface area contributed by atoms with Crippen LogP contribution in [0.15, 0.2) is 12.1 Å². The summed E-state index contributed by atoms with van der Waals surface area (Å²) < 4.78 is 19.3. The average molecular weight is 405 g/mol. The quantitative estimate of drug-likeness (QED) is 0.713.